The number of carbonyl (C=O) groups is 1. The molecule has 106 valence electrons. The van der Waals surface area contributed by atoms with Gasteiger partial charge in [0.25, 0.3) is 0 Å². The van der Waals surface area contributed by atoms with Crippen molar-refractivity contribution in [3.63, 3.8) is 0 Å². The molecule has 0 spiro atoms. The van der Waals surface area contributed by atoms with Crippen LogP contribution in [0.3, 0.4) is 0 Å². The smallest absolute Gasteiger partial charge is 0.333 e. The van der Waals surface area contributed by atoms with Gasteiger partial charge in [0.1, 0.15) is 0 Å². The number of esters is 1. The number of nitrogens with zero attached hydrogens (tertiary/aromatic N) is 2. The average Bonchev–Trinajstić information content (AvgIpc) is 2.78. The van der Waals surface area contributed by atoms with Crippen molar-refractivity contribution >= 4 is 5.97 Å². The molecule has 5 nitrogen and oxygen atoms in total. The molecule has 0 saturated heterocycles. The van der Waals surface area contributed by atoms with Gasteiger partial charge in [0.05, 0.1) is 12.8 Å². The summed E-state index contributed by atoms with van der Waals surface area (Å²) in [5, 5.41) is 7.68. The molecule has 1 aromatic rings. The highest BCUT2D eigenvalue weighted by atomic mass is 16.5. The van der Waals surface area contributed by atoms with Crippen LogP contribution in [0.4, 0.5) is 0 Å². The SMILES string of the molecule is CCC(=CCNCc1cn(C)nc1CC)C(=O)OC. The van der Waals surface area contributed by atoms with E-state index in [1.54, 1.807) is 0 Å². The molecular weight excluding hydrogens is 242 g/mol. The molecule has 0 radical (unpaired) electrons. The molecule has 19 heavy (non-hydrogen) atoms. The predicted octanol–water partition coefficient (Wildman–Crippen LogP) is 1.58. The van der Waals surface area contributed by atoms with Gasteiger partial charge in [0.2, 0.25) is 0 Å². The van der Waals surface area contributed by atoms with Crippen LogP contribution in [0.1, 0.15) is 31.5 Å². The topological polar surface area (TPSA) is 56.2 Å². The third-order valence-corrected chi connectivity index (χ3v) is 2.96. The molecule has 0 unspecified atom stereocenters. The van der Waals surface area contributed by atoms with Gasteiger partial charge >= 0.3 is 5.97 Å². The van der Waals surface area contributed by atoms with Gasteiger partial charge in [0, 0.05) is 37.5 Å². The van der Waals surface area contributed by atoms with Crippen molar-refractivity contribution < 1.29 is 9.53 Å². The third-order valence-electron chi connectivity index (χ3n) is 2.96. The zero-order chi connectivity index (χ0) is 14.3. The largest absolute Gasteiger partial charge is 0.466 e. The monoisotopic (exact) mass is 265 g/mol. The quantitative estimate of drug-likeness (QED) is 0.462. The lowest BCUT2D eigenvalue weighted by molar-refractivity contribution is -0.136. The molecule has 0 atom stereocenters. The summed E-state index contributed by atoms with van der Waals surface area (Å²) in [6, 6.07) is 0. The van der Waals surface area contributed by atoms with Gasteiger partial charge < -0.3 is 10.1 Å². The first-order valence-electron chi connectivity index (χ1n) is 6.61. The fourth-order valence-corrected chi connectivity index (χ4v) is 1.93. The number of hydrogen-bond acceptors (Lipinski definition) is 4. The molecule has 1 N–H and O–H groups in total. The molecule has 0 bridgehead atoms. The maximum absolute atomic E-state index is 11.4. The fraction of sp³-hybridized carbons (Fsp3) is 0.571. The Labute approximate surface area is 114 Å². The summed E-state index contributed by atoms with van der Waals surface area (Å²) in [5.41, 5.74) is 3.02. The molecule has 0 saturated carbocycles. The molecule has 0 aliphatic heterocycles. The van der Waals surface area contributed by atoms with E-state index in [4.69, 9.17) is 4.74 Å². The molecule has 1 rings (SSSR count). The predicted molar refractivity (Wildman–Crippen MR) is 74.7 cm³/mol. The number of hydrogen-bond donors (Lipinski definition) is 1. The van der Waals surface area contributed by atoms with E-state index in [9.17, 15) is 4.79 Å². The van der Waals surface area contributed by atoms with E-state index >= 15 is 0 Å². The summed E-state index contributed by atoms with van der Waals surface area (Å²) in [5.74, 6) is -0.250. The normalized spacial score (nSPS) is 11.7. The Morgan fingerprint density at radius 1 is 1.53 bits per heavy atom. The highest BCUT2D eigenvalue weighted by molar-refractivity contribution is 5.88. The average molecular weight is 265 g/mol. The van der Waals surface area contributed by atoms with Gasteiger partial charge in [-0.3, -0.25) is 4.68 Å². The van der Waals surface area contributed by atoms with Crippen LogP contribution in [0.25, 0.3) is 0 Å². The van der Waals surface area contributed by atoms with Crippen LogP contribution >= 0.6 is 0 Å². The fourth-order valence-electron chi connectivity index (χ4n) is 1.93. The van der Waals surface area contributed by atoms with Crippen molar-refractivity contribution in [2.24, 2.45) is 7.05 Å². The molecule has 0 aliphatic rings. The van der Waals surface area contributed by atoms with Crippen molar-refractivity contribution in [3.05, 3.63) is 29.1 Å². The standard InChI is InChI=1S/C14H23N3O2/c1-5-11(14(18)19-4)7-8-15-9-12-10-17(3)16-13(12)6-2/h7,10,15H,5-6,8-9H2,1-4H3. The molecule has 1 aromatic heterocycles. The Bertz CT molecular complexity index is 450. The molecule has 5 heteroatoms. The number of aryl methyl sites for hydroxylation is 2. The second-order valence-electron chi connectivity index (χ2n) is 4.33. The van der Waals surface area contributed by atoms with Crippen LogP contribution in [0.2, 0.25) is 0 Å². The number of nitrogens with one attached hydrogen (secondary N) is 1. The van der Waals surface area contributed by atoms with Crippen LogP contribution < -0.4 is 5.32 Å². The highest BCUT2D eigenvalue weighted by Crippen LogP contribution is 2.07. The summed E-state index contributed by atoms with van der Waals surface area (Å²) in [4.78, 5) is 11.4. The van der Waals surface area contributed by atoms with E-state index in [2.05, 4.69) is 17.3 Å². The zero-order valence-corrected chi connectivity index (χ0v) is 12.2. The Kier molecular flexibility index (Phi) is 6.29. The van der Waals surface area contributed by atoms with E-state index in [1.165, 1.54) is 12.7 Å². The van der Waals surface area contributed by atoms with Gasteiger partial charge in [-0.25, -0.2) is 4.79 Å². The Morgan fingerprint density at radius 2 is 2.26 bits per heavy atom. The van der Waals surface area contributed by atoms with Gasteiger partial charge in [-0.05, 0) is 12.8 Å². The van der Waals surface area contributed by atoms with Crippen molar-refractivity contribution in [3.8, 4) is 0 Å². The third kappa shape index (κ3) is 4.52. The molecule has 0 fully saturated rings. The summed E-state index contributed by atoms with van der Waals surface area (Å²) in [7, 11) is 3.33. The zero-order valence-electron chi connectivity index (χ0n) is 12.2. The molecule has 0 aromatic carbocycles. The van der Waals surface area contributed by atoms with E-state index < -0.39 is 0 Å². The lowest BCUT2D eigenvalue weighted by atomic mass is 10.2. The number of aromatic nitrogens is 2. The van der Waals surface area contributed by atoms with E-state index in [1.807, 2.05) is 30.9 Å². The van der Waals surface area contributed by atoms with Crippen molar-refractivity contribution in [2.45, 2.75) is 33.2 Å². The Morgan fingerprint density at radius 3 is 2.84 bits per heavy atom. The summed E-state index contributed by atoms with van der Waals surface area (Å²) >= 11 is 0. The van der Waals surface area contributed by atoms with Crippen molar-refractivity contribution in [1.82, 2.24) is 15.1 Å². The number of methoxy groups -OCH3 is 1. The van der Waals surface area contributed by atoms with Crippen molar-refractivity contribution in [1.29, 1.82) is 0 Å². The lowest BCUT2D eigenvalue weighted by Gasteiger charge is -2.04. The van der Waals surface area contributed by atoms with Gasteiger partial charge in [-0.1, -0.05) is 19.9 Å². The van der Waals surface area contributed by atoms with E-state index in [-0.39, 0.29) is 5.97 Å². The first-order valence-corrected chi connectivity index (χ1v) is 6.61. The molecule has 0 aliphatic carbocycles. The Balaban J connectivity index is 2.49. The van der Waals surface area contributed by atoms with Gasteiger partial charge in [-0.15, -0.1) is 0 Å². The second kappa shape index (κ2) is 7.74. The maximum Gasteiger partial charge on any atom is 0.333 e. The number of ether oxygens (including phenoxy) is 1. The summed E-state index contributed by atoms with van der Waals surface area (Å²) < 4.78 is 6.54. The summed E-state index contributed by atoms with van der Waals surface area (Å²) in [6.07, 6.45) is 5.52. The minimum atomic E-state index is -0.250. The molecular formula is C14H23N3O2. The highest BCUT2D eigenvalue weighted by Gasteiger charge is 2.07. The van der Waals surface area contributed by atoms with E-state index in [0.717, 1.165) is 18.7 Å². The minimum Gasteiger partial charge on any atom is -0.466 e. The van der Waals surface area contributed by atoms with E-state index in [0.29, 0.717) is 18.5 Å². The summed E-state index contributed by atoms with van der Waals surface area (Å²) in [6.45, 7) is 5.44. The second-order valence-corrected chi connectivity index (χ2v) is 4.33. The van der Waals surface area contributed by atoms with Crippen LogP contribution in [0, 0.1) is 0 Å². The maximum atomic E-state index is 11.4. The Hall–Kier alpha value is -1.62. The molecule has 0 amide bonds. The lowest BCUT2D eigenvalue weighted by Crippen LogP contribution is -2.15. The van der Waals surface area contributed by atoms with Crippen LogP contribution in [-0.2, 0) is 29.5 Å². The minimum absolute atomic E-state index is 0.250. The first-order chi connectivity index (χ1) is 9.12. The number of rotatable bonds is 7. The number of carbonyl (C=O) groups excluding carboxylic acids is 1. The van der Waals surface area contributed by atoms with Gasteiger partial charge in [0.15, 0.2) is 0 Å². The van der Waals surface area contributed by atoms with Gasteiger partial charge in [-0.2, -0.15) is 5.10 Å². The van der Waals surface area contributed by atoms with Crippen molar-refractivity contribution in [2.75, 3.05) is 13.7 Å². The van der Waals surface area contributed by atoms with Crippen LogP contribution in [0.5, 0.6) is 0 Å². The molecule has 1 heterocycles. The van der Waals surface area contributed by atoms with Crippen LogP contribution in [-0.4, -0.2) is 29.4 Å². The first kappa shape index (κ1) is 15.4. The van der Waals surface area contributed by atoms with Crippen LogP contribution in [0.15, 0.2) is 17.8 Å².